The smallest absolute Gasteiger partial charge is 0.235 e. The van der Waals surface area contributed by atoms with Crippen molar-refractivity contribution < 1.29 is 4.79 Å². The Kier molecular flexibility index (Phi) is 2.30. The third kappa shape index (κ3) is 1.49. The summed E-state index contributed by atoms with van der Waals surface area (Å²) in [6.45, 7) is 0. The van der Waals surface area contributed by atoms with Gasteiger partial charge in [-0.05, 0) is 18.2 Å². The maximum Gasteiger partial charge on any atom is 0.235 e. The minimum absolute atomic E-state index is 0.300. The van der Waals surface area contributed by atoms with Crippen LogP contribution < -0.4 is 0 Å². The van der Waals surface area contributed by atoms with Crippen LogP contribution in [0.5, 0.6) is 0 Å². The van der Waals surface area contributed by atoms with Crippen molar-refractivity contribution >= 4 is 29.5 Å². The summed E-state index contributed by atoms with van der Waals surface area (Å²) < 4.78 is 0. The molecule has 3 heteroatoms. The van der Waals surface area contributed by atoms with E-state index in [9.17, 15) is 4.79 Å². The third-order valence-corrected chi connectivity index (χ3v) is 1.60. The SMILES string of the molecule is O=[C]c1cc(Cl)ccc1Cl. The number of benzene rings is 1. The zero-order valence-corrected chi connectivity index (χ0v) is 6.41. The molecule has 0 aliphatic heterocycles. The molecule has 0 aromatic heterocycles. The van der Waals surface area contributed by atoms with E-state index in [-0.39, 0.29) is 0 Å². The minimum Gasteiger partial charge on any atom is -0.285 e. The molecular formula is C7H3Cl2O. The average molecular weight is 174 g/mol. The molecule has 1 rings (SSSR count). The Labute approximate surface area is 68.6 Å². The second kappa shape index (κ2) is 3.04. The van der Waals surface area contributed by atoms with Crippen LogP contribution in [0.1, 0.15) is 5.56 Å². The zero-order chi connectivity index (χ0) is 7.56. The maximum absolute atomic E-state index is 10.1. The van der Waals surface area contributed by atoms with Gasteiger partial charge in [0.2, 0.25) is 6.29 Å². The van der Waals surface area contributed by atoms with E-state index >= 15 is 0 Å². The van der Waals surface area contributed by atoms with Gasteiger partial charge in [0.05, 0.1) is 5.02 Å². The standard InChI is InChI=1S/C7H3Cl2O/c8-6-1-2-7(9)5(3-6)4-10/h1-3H. The average Bonchev–Trinajstić information content (AvgIpc) is 1.94. The lowest BCUT2D eigenvalue weighted by atomic mass is 10.2. The van der Waals surface area contributed by atoms with Gasteiger partial charge in [0.1, 0.15) is 0 Å². The van der Waals surface area contributed by atoms with E-state index in [1.54, 1.807) is 18.4 Å². The second-order valence-electron chi connectivity index (χ2n) is 1.73. The fraction of sp³-hybridized carbons (Fsp3) is 0. The number of hydrogen-bond donors (Lipinski definition) is 0. The van der Waals surface area contributed by atoms with Crippen molar-refractivity contribution in [3.63, 3.8) is 0 Å². The Morgan fingerprint density at radius 3 is 2.50 bits per heavy atom. The molecule has 0 heterocycles. The summed E-state index contributed by atoms with van der Waals surface area (Å²) >= 11 is 11.1. The second-order valence-corrected chi connectivity index (χ2v) is 2.57. The number of hydrogen-bond acceptors (Lipinski definition) is 1. The molecule has 0 aliphatic rings. The van der Waals surface area contributed by atoms with Gasteiger partial charge < -0.3 is 0 Å². The number of rotatable bonds is 1. The van der Waals surface area contributed by atoms with Gasteiger partial charge in [0.25, 0.3) is 0 Å². The van der Waals surface area contributed by atoms with E-state index < -0.39 is 0 Å². The van der Waals surface area contributed by atoms with Gasteiger partial charge in [-0.15, -0.1) is 0 Å². The van der Waals surface area contributed by atoms with Crippen LogP contribution in [0, 0.1) is 0 Å². The monoisotopic (exact) mass is 173 g/mol. The minimum atomic E-state index is 0.300. The van der Waals surface area contributed by atoms with E-state index in [2.05, 4.69) is 0 Å². The van der Waals surface area contributed by atoms with Crippen molar-refractivity contribution in [3.05, 3.63) is 33.8 Å². The van der Waals surface area contributed by atoms with E-state index in [4.69, 9.17) is 23.2 Å². The van der Waals surface area contributed by atoms with E-state index in [0.29, 0.717) is 15.6 Å². The van der Waals surface area contributed by atoms with Crippen molar-refractivity contribution in [1.82, 2.24) is 0 Å². The molecule has 1 aromatic carbocycles. The molecule has 1 radical (unpaired) electrons. The molecule has 0 aliphatic carbocycles. The summed E-state index contributed by atoms with van der Waals surface area (Å²) in [5.74, 6) is 0. The lowest BCUT2D eigenvalue weighted by molar-refractivity contribution is 0.563. The van der Waals surface area contributed by atoms with Crippen molar-refractivity contribution in [3.8, 4) is 0 Å². The maximum atomic E-state index is 10.1. The van der Waals surface area contributed by atoms with Crippen molar-refractivity contribution in [2.45, 2.75) is 0 Å². The van der Waals surface area contributed by atoms with E-state index in [1.807, 2.05) is 0 Å². The highest BCUT2D eigenvalue weighted by Crippen LogP contribution is 2.18. The Morgan fingerprint density at radius 1 is 1.30 bits per heavy atom. The molecule has 0 spiro atoms. The summed E-state index contributed by atoms with van der Waals surface area (Å²) in [6.07, 6.45) is 1.67. The summed E-state index contributed by atoms with van der Waals surface area (Å²) in [5, 5.41) is 0.863. The molecule has 0 saturated carbocycles. The summed E-state index contributed by atoms with van der Waals surface area (Å²) in [5.41, 5.74) is 0.300. The molecule has 0 saturated heterocycles. The van der Waals surface area contributed by atoms with Gasteiger partial charge in [-0.2, -0.15) is 0 Å². The molecule has 51 valence electrons. The first-order valence-corrected chi connectivity index (χ1v) is 3.33. The van der Waals surface area contributed by atoms with Gasteiger partial charge in [-0.25, -0.2) is 0 Å². The quantitative estimate of drug-likeness (QED) is 0.638. The highest BCUT2D eigenvalue weighted by atomic mass is 35.5. The van der Waals surface area contributed by atoms with Gasteiger partial charge in [-0.1, -0.05) is 23.2 Å². The normalized spacial score (nSPS) is 9.40. The van der Waals surface area contributed by atoms with Gasteiger partial charge in [0, 0.05) is 10.6 Å². The van der Waals surface area contributed by atoms with Crippen molar-refractivity contribution in [1.29, 1.82) is 0 Å². The third-order valence-electron chi connectivity index (χ3n) is 1.04. The van der Waals surface area contributed by atoms with Crippen LogP contribution in [0.4, 0.5) is 0 Å². The fourth-order valence-electron chi connectivity index (χ4n) is 0.576. The summed E-state index contributed by atoms with van der Waals surface area (Å²) in [4.78, 5) is 10.1. The van der Waals surface area contributed by atoms with Crippen LogP contribution in [0.25, 0.3) is 0 Å². The van der Waals surface area contributed by atoms with Crippen LogP contribution in [0.3, 0.4) is 0 Å². The Balaban J connectivity index is 3.21. The van der Waals surface area contributed by atoms with Crippen molar-refractivity contribution in [2.24, 2.45) is 0 Å². The Hall–Kier alpha value is -0.530. The van der Waals surface area contributed by atoms with Crippen LogP contribution >= 0.6 is 23.2 Å². The molecule has 1 aromatic rings. The van der Waals surface area contributed by atoms with Crippen LogP contribution in [0.2, 0.25) is 10.0 Å². The molecule has 0 amide bonds. The van der Waals surface area contributed by atoms with Gasteiger partial charge in [-0.3, -0.25) is 4.79 Å². The largest absolute Gasteiger partial charge is 0.285 e. The number of halogens is 2. The molecule has 10 heavy (non-hydrogen) atoms. The van der Waals surface area contributed by atoms with Gasteiger partial charge >= 0.3 is 0 Å². The highest BCUT2D eigenvalue weighted by molar-refractivity contribution is 6.34. The lowest BCUT2D eigenvalue weighted by Crippen LogP contribution is -1.80. The molecule has 0 N–H and O–H groups in total. The molecular weight excluding hydrogens is 171 g/mol. The van der Waals surface area contributed by atoms with Crippen LogP contribution in [-0.4, -0.2) is 6.29 Å². The predicted molar refractivity (Wildman–Crippen MR) is 41.3 cm³/mol. The van der Waals surface area contributed by atoms with E-state index in [1.165, 1.54) is 6.07 Å². The first-order valence-electron chi connectivity index (χ1n) is 2.57. The van der Waals surface area contributed by atoms with Crippen molar-refractivity contribution in [2.75, 3.05) is 0 Å². The Morgan fingerprint density at radius 2 is 2.00 bits per heavy atom. The summed E-state index contributed by atoms with van der Waals surface area (Å²) in [6, 6.07) is 4.64. The zero-order valence-electron chi connectivity index (χ0n) is 4.90. The highest BCUT2D eigenvalue weighted by Gasteiger charge is 1.98. The molecule has 1 nitrogen and oxygen atoms in total. The van der Waals surface area contributed by atoms with Crippen LogP contribution in [-0.2, 0) is 4.79 Å². The molecule has 0 atom stereocenters. The topological polar surface area (TPSA) is 17.1 Å². The Bertz CT molecular complexity index is 258. The first-order chi connectivity index (χ1) is 4.74. The predicted octanol–water partition coefficient (Wildman–Crippen LogP) is 2.45. The molecule has 0 bridgehead atoms. The number of carbonyl (C=O) groups excluding carboxylic acids is 1. The fourth-order valence-corrected chi connectivity index (χ4v) is 0.904. The van der Waals surface area contributed by atoms with Crippen LogP contribution in [0.15, 0.2) is 18.2 Å². The lowest BCUT2D eigenvalue weighted by Gasteiger charge is -1.93. The van der Waals surface area contributed by atoms with E-state index in [0.717, 1.165) is 0 Å². The molecule has 0 fully saturated rings. The molecule has 0 unspecified atom stereocenters. The van der Waals surface area contributed by atoms with Gasteiger partial charge in [0.15, 0.2) is 0 Å². The summed E-state index contributed by atoms with van der Waals surface area (Å²) in [7, 11) is 0. The first kappa shape index (κ1) is 7.58.